The summed E-state index contributed by atoms with van der Waals surface area (Å²) in [4.78, 5) is 40.4. The van der Waals surface area contributed by atoms with Crippen LogP contribution in [0, 0.1) is 0 Å². The topological polar surface area (TPSA) is 92.7 Å². The van der Waals surface area contributed by atoms with Crippen LogP contribution < -0.4 is 16.9 Å². The summed E-state index contributed by atoms with van der Waals surface area (Å²) in [7, 11) is 1.37. The van der Waals surface area contributed by atoms with E-state index < -0.39 is 16.9 Å². The Hall–Kier alpha value is -2.83. The van der Waals surface area contributed by atoms with Crippen LogP contribution in [0.2, 0.25) is 0 Å². The lowest BCUT2D eigenvalue weighted by molar-refractivity contribution is 0.748. The minimum absolute atomic E-state index is 0.0796. The van der Waals surface area contributed by atoms with Gasteiger partial charge in [-0.15, -0.1) is 0 Å². The van der Waals surface area contributed by atoms with Crippen LogP contribution in [0.3, 0.4) is 0 Å². The number of para-hydroxylation sites is 1. The van der Waals surface area contributed by atoms with Crippen molar-refractivity contribution in [1.82, 2.24) is 19.1 Å². The van der Waals surface area contributed by atoms with Crippen molar-refractivity contribution in [2.75, 3.05) is 0 Å². The lowest BCUT2D eigenvalue weighted by Gasteiger charge is -2.08. The third kappa shape index (κ3) is 1.55. The van der Waals surface area contributed by atoms with E-state index in [1.165, 1.54) is 11.6 Å². The normalized spacial score (nSPS) is 11.0. The predicted octanol–water partition coefficient (Wildman–Crippen LogP) is -0.294. The molecule has 0 radical (unpaired) electrons. The number of H-pyrrole nitrogens is 2. The number of benzene rings is 1. The molecule has 3 aromatic rings. The molecule has 2 heterocycles. The van der Waals surface area contributed by atoms with Gasteiger partial charge in [0, 0.05) is 7.05 Å². The minimum atomic E-state index is -0.537. The zero-order valence-corrected chi connectivity index (χ0v) is 10.0. The Labute approximate surface area is 105 Å². The highest BCUT2D eigenvalue weighted by Crippen LogP contribution is 2.08. The Morgan fingerprint density at radius 1 is 1.00 bits per heavy atom. The maximum absolute atomic E-state index is 12.2. The van der Waals surface area contributed by atoms with Gasteiger partial charge in [0.2, 0.25) is 0 Å². The predicted molar refractivity (Wildman–Crippen MR) is 69.8 cm³/mol. The second-order valence-electron chi connectivity index (χ2n) is 4.12. The molecule has 7 nitrogen and oxygen atoms in total. The Morgan fingerprint density at radius 3 is 2.37 bits per heavy atom. The minimum Gasteiger partial charge on any atom is -0.300 e. The first-order valence-electron chi connectivity index (χ1n) is 5.59. The second kappa shape index (κ2) is 3.84. The maximum Gasteiger partial charge on any atom is 0.337 e. The third-order valence-electron chi connectivity index (χ3n) is 2.94. The molecule has 7 heteroatoms. The van der Waals surface area contributed by atoms with Gasteiger partial charge in [0.05, 0.1) is 5.69 Å². The van der Waals surface area contributed by atoms with Gasteiger partial charge in [-0.05, 0) is 12.1 Å². The number of hydrogen-bond acceptors (Lipinski definition) is 3. The van der Waals surface area contributed by atoms with Gasteiger partial charge in [-0.2, -0.15) is 0 Å². The van der Waals surface area contributed by atoms with Gasteiger partial charge in [-0.25, -0.2) is 14.2 Å². The van der Waals surface area contributed by atoms with Crippen molar-refractivity contribution >= 4 is 11.2 Å². The molecule has 2 aromatic heterocycles. The Kier molecular flexibility index (Phi) is 2.28. The van der Waals surface area contributed by atoms with E-state index in [0.717, 1.165) is 4.57 Å². The molecule has 0 aliphatic carbocycles. The van der Waals surface area contributed by atoms with Crippen LogP contribution >= 0.6 is 0 Å². The van der Waals surface area contributed by atoms with E-state index in [9.17, 15) is 14.4 Å². The van der Waals surface area contributed by atoms with E-state index >= 15 is 0 Å². The summed E-state index contributed by atoms with van der Waals surface area (Å²) in [5.74, 6) is 0. The summed E-state index contributed by atoms with van der Waals surface area (Å²) < 4.78 is 2.24. The van der Waals surface area contributed by atoms with Crippen molar-refractivity contribution in [3.63, 3.8) is 0 Å². The highest BCUT2D eigenvalue weighted by Gasteiger charge is 2.14. The number of imidazole rings is 1. The fraction of sp³-hybridized carbons (Fsp3) is 0.0833. The molecule has 3 rings (SSSR count). The zero-order valence-electron chi connectivity index (χ0n) is 10.0. The number of hydrogen-bond donors (Lipinski definition) is 2. The van der Waals surface area contributed by atoms with E-state index in [0.29, 0.717) is 5.69 Å². The number of aromatic amines is 2. The van der Waals surface area contributed by atoms with E-state index in [4.69, 9.17) is 0 Å². The van der Waals surface area contributed by atoms with Gasteiger partial charge in [0.15, 0.2) is 11.2 Å². The summed E-state index contributed by atoms with van der Waals surface area (Å²) in [6, 6.07) is 8.79. The van der Waals surface area contributed by atoms with Crippen LogP contribution in [0.5, 0.6) is 0 Å². The lowest BCUT2D eigenvalue weighted by atomic mass is 10.3. The van der Waals surface area contributed by atoms with Crippen LogP contribution in [-0.2, 0) is 7.05 Å². The van der Waals surface area contributed by atoms with E-state index in [1.54, 1.807) is 24.3 Å². The number of fused-ring (bicyclic) bond motifs is 1. The molecule has 0 amide bonds. The monoisotopic (exact) mass is 258 g/mol. The maximum atomic E-state index is 12.2. The van der Waals surface area contributed by atoms with Crippen molar-refractivity contribution in [2.24, 2.45) is 7.05 Å². The van der Waals surface area contributed by atoms with E-state index in [-0.39, 0.29) is 11.2 Å². The van der Waals surface area contributed by atoms with Crippen molar-refractivity contribution in [1.29, 1.82) is 0 Å². The van der Waals surface area contributed by atoms with Crippen molar-refractivity contribution in [2.45, 2.75) is 0 Å². The molecule has 0 bridgehead atoms. The summed E-state index contributed by atoms with van der Waals surface area (Å²) in [6.45, 7) is 0. The first-order valence-corrected chi connectivity index (χ1v) is 5.59. The standard InChI is InChI=1S/C12H10N4O3/c1-15-10(17)8-9(14-11(18)13-8)16(12(15)19)7-5-3-2-4-6-7/h2-6H,1H3,(H2,13,14,18). The Balaban J connectivity index is 2.59. The van der Waals surface area contributed by atoms with Crippen LogP contribution in [0.25, 0.3) is 16.9 Å². The van der Waals surface area contributed by atoms with Crippen LogP contribution in [-0.4, -0.2) is 19.1 Å². The first-order chi connectivity index (χ1) is 9.09. The SMILES string of the molecule is Cn1c(=O)c2[nH]c(=O)[nH]c2n(-c2ccccc2)c1=O. The zero-order chi connectivity index (χ0) is 13.6. The Morgan fingerprint density at radius 2 is 1.68 bits per heavy atom. The molecule has 0 unspecified atom stereocenters. The molecule has 19 heavy (non-hydrogen) atoms. The molecule has 0 aliphatic rings. The van der Waals surface area contributed by atoms with Gasteiger partial charge in [0.25, 0.3) is 5.56 Å². The van der Waals surface area contributed by atoms with E-state index in [1.807, 2.05) is 6.07 Å². The molecule has 0 saturated heterocycles. The molecular formula is C12H10N4O3. The highest BCUT2D eigenvalue weighted by atomic mass is 16.2. The van der Waals surface area contributed by atoms with Gasteiger partial charge in [-0.1, -0.05) is 18.2 Å². The largest absolute Gasteiger partial charge is 0.337 e. The van der Waals surface area contributed by atoms with Crippen LogP contribution in [0.1, 0.15) is 0 Å². The fourth-order valence-electron chi connectivity index (χ4n) is 2.01. The van der Waals surface area contributed by atoms with E-state index in [2.05, 4.69) is 9.97 Å². The van der Waals surface area contributed by atoms with Gasteiger partial charge in [-0.3, -0.25) is 19.3 Å². The van der Waals surface area contributed by atoms with Crippen molar-refractivity contribution in [3.05, 3.63) is 61.7 Å². The molecule has 96 valence electrons. The molecule has 2 N–H and O–H groups in total. The first kappa shape index (κ1) is 11.3. The van der Waals surface area contributed by atoms with Crippen molar-refractivity contribution in [3.8, 4) is 5.69 Å². The number of aromatic nitrogens is 4. The number of rotatable bonds is 1. The second-order valence-corrected chi connectivity index (χ2v) is 4.12. The smallest absolute Gasteiger partial charge is 0.300 e. The molecule has 0 aliphatic heterocycles. The average Bonchev–Trinajstić information content (AvgIpc) is 2.79. The molecule has 1 aromatic carbocycles. The highest BCUT2D eigenvalue weighted by molar-refractivity contribution is 5.71. The molecule has 0 spiro atoms. The van der Waals surface area contributed by atoms with Crippen LogP contribution in [0.4, 0.5) is 0 Å². The number of nitrogens with one attached hydrogen (secondary N) is 2. The summed E-state index contributed by atoms with van der Waals surface area (Å²) in [5.41, 5.74) is -0.754. The van der Waals surface area contributed by atoms with Gasteiger partial charge in [0.1, 0.15) is 0 Å². The third-order valence-corrected chi connectivity index (χ3v) is 2.94. The average molecular weight is 258 g/mol. The summed E-state index contributed by atoms with van der Waals surface area (Å²) in [6.07, 6.45) is 0. The number of nitrogens with zero attached hydrogens (tertiary/aromatic N) is 2. The Bertz CT molecular complexity index is 927. The van der Waals surface area contributed by atoms with Crippen molar-refractivity contribution < 1.29 is 0 Å². The molecule has 0 saturated carbocycles. The quantitative estimate of drug-likeness (QED) is 0.628. The van der Waals surface area contributed by atoms with Gasteiger partial charge >= 0.3 is 11.4 Å². The van der Waals surface area contributed by atoms with Crippen LogP contribution in [0.15, 0.2) is 44.7 Å². The van der Waals surface area contributed by atoms with Gasteiger partial charge < -0.3 is 0 Å². The lowest BCUT2D eigenvalue weighted by Crippen LogP contribution is -2.37. The molecular weight excluding hydrogens is 248 g/mol. The fourth-order valence-corrected chi connectivity index (χ4v) is 2.01. The summed E-state index contributed by atoms with van der Waals surface area (Å²) in [5, 5.41) is 0. The molecule has 0 atom stereocenters. The summed E-state index contributed by atoms with van der Waals surface area (Å²) >= 11 is 0. The molecule has 0 fully saturated rings.